The molecule has 0 saturated carbocycles. The molecule has 4 fully saturated rings. The lowest BCUT2D eigenvalue weighted by molar-refractivity contribution is -0.128. The molecule has 4 saturated heterocycles. The largest absolute Gasteiger partial charge is 0.378 e. The van der Waals surface area contributed by atoms with Gasteiger partial charge in [0.25, 0.3) is 0 Å². The van der Waals surface area contributed by atoms with Gasteiger partial charge in [-0.1, -0.05) is 138 Å². The fraction of sp³-hybridized carbons (Fsp3) is 1.00. The molecule has 278 valence electrons. The first-order chi connectivity index (χ1) is 20.9. The summed E-state index contributed by atoms with van der Waals surface area (Å²) >= 11 is 0. The normalized spacial score (nSPS) is 24.3. The number of ether oxygens (including phenoxy) is 5. The molecule has 4 heterocycles. The van der Waals surface area contributed by atoms with E-state index in [1.54, 1.807) is 0 Å². The van der Waals surface area contributed by atoms with E-state index in [1.807, 2.05) is 55.4 Å². The Labute approximate surface area is 286 Å². The summed E-state index contributed by atoms with van der Waals surface area (Å²) in [5, 5.41) is 0. The topological polar surface area (TPSA) is 46.2 Å². The first kappa shape index (κ1) is 51.6. The average Bonchev–Trinajstić information content (AvgIpc) is 3.53. The Morgan fingerprint density at radius 2 is 0.644 bits per heavy atom. The molecule has 0 radical (unpaired) electrons. The van der Waals surface area contributed by atoms with E-state index in [0.29, 0.717) is 34.6 Å². The van der Waals surface area contributed by atoms with Gasteiger partial charge in [-0.25, -0.2) is 0 Å². The second-order valence-corrected chi connectivity index (χ2v) is 15.4. The third-order valence-corrected chi connectivity index (χ3v) is 7.49. The van der Waals surface area contributed by atoms with Gasteiger partial charge in [-0.3, -0.25) is 0 Å². The van der Waals surface area contributed by atoms with E-state index in [0.717, 1.165) is 39.6 Å². The van der Waals surface area contributed by atoms with Crippen molar-refractivity contribution in [1.82, 2.24) is 0 Å². The van der Waals surface area contributed by atoms with E-state index in [2.05, 4.69) is 83.1 Å². The van der Waals surface area contributed by atoms with Crippen LogP contribution in [0, 0.1) is 21.7 Å². The Bertz CT molecular complexity index is 542. The Hall–Kier alpha value is -0.200. The van der Waals surface area contributed by atoms with Gasteiger partial charge in [0.15, 0.2) is 0 Å². The number of hydrogen-bond donors (Lipinski definition) is 0. The van der Waals surface area contributed by atoms with Crippen LogP contribution in [-0.4, -0.2) is 64.1 Å². The summed E-state index contributed by atoms with van der Waals surface area (Å²) in [6, 6.07) is 0. The monoisotopic (exact) mass is 649 g/mol. The van der Waals surface area contributed by atoms with Gasteiger partial charge in [-0.05, 0) is 60.2 Å². The van der Waals surface area contributed by atoms with Crippen LogP contribution in [0.5, 0.6) is 0 Å². The standard InChI is InChI=1S/C9H18O.C8H16O2.C8H16O.C7H14O.4C2H6/c1-9(2,3)8-6-4-5-7-10-8;1-8(2,3)7-6-9-4-5-10-7;1-8(2,3)7-5-4-6-9-7;1-7(2,3)6-4-5-8-6;4*1-2/h8H,4-7H2,1-3H3;7H,4-6H2,1-3H3;7H,4-6H2,1-3H3;6H,4-5H2,1-3H3;4*1-2H3. The van der Waals surface area contributed by atoms with E-state index < -0.39 is 0 Å². The Morgan fingerprint density at radius 1 is 0.333 bits per heavy atom. The summed E-state index contributed by atoms with van der Waals surface area (Å²) in [7, 11) is 0. The molecule has 0 spiro atoms. The maximum absolute atomic E-state index is 5.64. The van der Waals surface area contributed by atoms with Crippen LogP contribution in [-0.2, 0) is 23.7 Å². The molecule has 4 aliphatic rings. The summed E-state index contributed by atoms with van der Waals surface area (Å²) in [5.41, 5.74) is 1.30. The second-order valence-electron chi connectivity index (χ2n) is 15.4. The SMILES string of the molecule is CC.CC.CC.CC.CC(C)(C)C1CCCCO1.CC(C)(C)C1CCCO1.CC(C)(C)C1CCO1.CC(C)(C)C1COCCO1. The van der Waals surface area contributed by atoms with E-state index in [4.69, 9.17) is 23.7 Å². The molecule has 4 aliphatic heterocycles. The molecule has 5 heteroatoms. The van der Waals surface area contributed by atoms with Crippen LogP contribution >= 0.6 is 0 Å². The van der Waals surface area contributed by atoms with Crippen molar-refractivity contribution in [2.75, 3.05) is 39.6 Å². The summed E-state index contributed by atoms with van der Waals surface area (Å²) < 4.78 is 27.3. The van der Waals surface area contributed by atoms with Crippen LogP contribution in [0.4, 0.5) is 0 Å². The molecule has 0 aromatic heterocycles. The minimum absolute atomic E-state index is 0.223. The van der Waals surface area contributed by atoms with Crippen LogP contribution in [0.2, 0.25) is 0 Å². The van der Waals surface area contributed by atoms with Gasteiger partial charge < -0.3 is 23.7 Å². The second kappa shape index (κ2) is 28.8. The maximum atomic E-state index is 5.64. The molecule has 4 atom stereocenters. The van der Waals surface area contributed by atoms with Crippen molar-refractivity contribution < 1.29 is 23.7 Å². The first-order valence-corrected chi connectivity index (χ1v) is 19.0. The highest BCUT2D eigenvalue weighted by Gasteiger charge is 2.31. The van der Waals surface area contributed by atoms with E-state index >= 15 is 0 Å². The minimum atomic E-state index is 0.223. The molecule has 0 bridgehead atoms. The van der Waals surface area contributed by atoms with Crippen LogP contribution in [0.3, 0.4) is 0 Å². The molecule has 0 aromatic rings. The highest BCUT2D eigenvalue weighted by molar-refractivity contribution is 4.80. The van der Waals surface area contributed by atoms with Crippen molar-refractivity contribution >= 4 is 0 Å². The van der Waals surface area contributed by atoms with E-state index in [9.17, 15) is 0 Å². The molecule has 0 aromatic carbocycles. The zero-order valence-electron chi connectivity index (χ0n) is 34.8. The Balaban J connectivity index is -0.000000232. The average molecular weight is 649 g/mol. The van der Waals surface area contributed by atoms with Crippen molar-refractivity contribution in [3.8, 4) is 0 Å². The molecule has 45 heavy (non-hydrogen) atoms. The molecule has 4 unspecified atom stereocenters. The van der Waals surface area contributed by atoms with Crippen LogP contribution in [0.25, 0.3) is 0 Å². The molecule has 0 amide bonds. The maximum Gasteiger partial charge on any atom is 0.0857 e. The minimum Gasteiger partial charge on any atom is -0.378 e. The third kappa shape index (κ3) is 27.5. The summed E-state index contributed by atoms with van der Waals surface area (Å²) in [6.07, 6.45) is 9.44. The molecule has 4 rings (SSSR count). The van der Waals surface area contributed by atoms with Crippen molar-refractivity contribution in [1.29, 1.82) is 0 Å². The summed E-state index contributed by atoms with van der Waals surface area (Å²) in [6.45, 7) is 47.8. The lowest BCUT2D eigenvalue weighted by Gasteiger charge is -2.37. The molecule has 0 aliphatic carbocycles. The molecule has 5 nitrogen and oxygen atoms in total. The Morgan fingerprint density at radius 3 is 0.822 bits per heavy atom. The zero-order chi connectivity index (χ0) is 36.3. The highest BCUT2D eigenvalue weighted by atomic mass is 16.6. The first-order valence-electron chi connectivity index (χ1n) is 19.0. The molecule has 0 N–H and O–H groups in total. The van der Waals surface area contributed by atoms with Gasteiger partial charge in [0.2, 0.25) is 0 Å². The summed E-state index contributed by atoms with van der Waals surface area (Å²) in [4.78, 5) is 0. The summed E-state index contributed by atoms with van der Waals surface area (Å²) in [5.74, 6) is 0. The predicted molar refractivity (Wildman–Crippen MR) is 201 cm³/mol. The van der Waals surface area contributed by atoms with Crippen molar-refractivity contribution in [3.05, 3.63) is 0 Å². The predicted octanol–water partition coefficient (Wildman–Crippen LogP) is 12.2. The lowest BCUT2D eigenvalue weighted by Crippen LogP contribution is -2.38. The van der Waals surface area contributed by atoms with Crippen molar-refractivity contribution in [2.45, 2.75) is 201 Å². The van der Waals surface area contributed by atoms with Gasteiger partial charge in [-0.15, -0.1) is 0 Å². The van der Waals surface area contributed by atoms with Crippen LogP contribution in [0.15, 0.2) is 0 Å². The van der Waals surface area contributed by atoms with Gasteiger partial charge in [0, 0.05) is 19.8 Å². The van der Waals surface area contributed by atoms with Crippen LogP contribution < -0.4 is 0 Å². The highest BCUT2D eigenvalue weighted by Crippen LogP contribution is 2.31. The lowest BCUT2D eigenvalue weighted by atomic mass is 9.85. The quantitative estimate of drug-likeness (QED) is 0.261. The zero-order valence-corrected chi connectivity index (χ0v) is 34.8. The van der Waals surface area contributed by atoms with Crippen molar-refractivity contribution in [3.63, 3.8) is 0 Å². The Kier molecular flexibility index (Phi) is 33.0. The fourth-order valence-corrected chi connectivity index (χ4v) is 4.59. The van der Waals surface area contributed by atoms with E-state index in [1.165, 1.54) is 38.5 Å². The van der Waals surface area contributed by atoms with Gasteiger partial charge >= 0.3 is 0 Å². The molecular formula is C40H88O5. The van der Waals surface area contributed by atoms with Crippen molar-refractivity contribution in [2.24, 2.45) is 21.7 Å². The third-order valence-electron chi connectivity index (χ3n) is 7.49. The van der Waals surface area contributed by atoms with Gasteiger partial charge in [0.1, 0.15) is 0 Å². The van der Waals surface area contributed by atoms with Gasteiger partial charge in [-0.2, -0.15) is 0 Å². The van der Waals surface area contributed by atoms with Gasteiger partial charge in [0.05, 0.1) is 44.2 Å². The number of rotatable bonds is 0. The van der Waals surface area contributed by atoms with Crippen LogP contribution in [0.1, 0.15) is 177 Å². The fourth-order valence-electron chi connectivity index (χ4n) is 4.59. The smallest absolute Gasteiger partial charge is 0.0857 e. The molecular weight excluding hydrogens is 560 g/mol. The number of hydrogen-bond acceptors (Lipinski definition) is 5. The van der Waals surface area contributed by atoms with E-state index in [-0.39, 0.29) is 11.5 Å².